The van der Waals surface area contributed by atoms with Crippen LogP contribution in [0.25, 0.3) is 0 Å². The van der Waals surface area contributed by atoms with Gasteiger partial charge in [-0.15, -0.1) is 0 Å². The zero-order valence-corrected chi connectivity index (χ0v) is 16.0. The Morgan fingerprint density at radius 2 is 1.96 bits per heavy atom. The second kappa shape index (κ2) is 6.84. The summed E-state index contributed by atoms with van der Waals surface area (Å²) in [4.78, 5) is 31.5. The Balaban J connectivity index is 2.12. The van der Waals surface area contributed by atoms with Gasteiger partial charge in [-0.25, -0.2) is 9.79 Å². The monoisotopic (exact) mass is 378 g/mol. The van der Waals surface area contributed by atoms with Crippen LogP contribution >= 0.6 is 23.4 Å². The number of thioether (sulfide) groups is 1. The second-order valence-electron chi connectivity index (χ2n) is 6.27. The molecule has 132 valence electrons. The van der Waals surface area contributed by atoms with E-state index in [0.29, 0.717) is 21.5 Å². The van der Waals surface area contributed by atoms with Crippen molar-refractivity contribution < 1.29 is 14.3 Å². The molecular formula is C18H19ClN2O3S. The number of fused-ring (bicyclic) bond motifs is 1. The summed E-state index contributed by atoms with van der Waals surface area (Å²) in [6, 6.07) is 6.60. The number of rotatable bonds is 3. The maximum atomic E-state index is 12.7. The van der Waals surface area contributed by atoms with Gasteiger partial charge in [0, 0.05) is 5.02 Å². The molecule has 2 heterocycles. The van der Waals surface area contributed by atoms with Crippen LogP contribution in [0.4, 0.5) is 0 Å². The van der Waals surface area contributed by atoms with E-state index in [9.17, 15) is 9.59 Å². The van der Waals surface area contributed by atoms with E-state index in [1.54, 1.807) is 37.8 Å². The van der Waals surface area contributed by atoms with Gasteiger partial charge in [0.1, 0.15) is 0 Å². The lowest BCUT2D eigenvalue weighted by Crippen LogP contribution is -2.40. The van der Waals surface area contributed by atoms with Crippen LogP contribution in [0.3, 0.4) is 0 Å². The highest BCUT2D eigenvalue weighted by Gasteiger charge is 2.46. The Morgan fingerprint density at radius 3 is 2.56 bits per heavy atom. The standard InChI is InChI=1S/C18H19ClN2O3S/c1-9(2)24-17(23)14-10(3)20-18-21(16(22)11(4)25-18)15(14)12-5-7-13(19)8-6-12/h5-9,11,15H,1-4H3/t11-,15+/m1/s1. The van der Waals surface area contributed by atoms with Crippen LogP contribution in [0.5, 0.6) is 0 Å². The molecule has 3 rings (SSSR count). The Bertz CT molecular complexity index is 786. The first-order chi connectivity index (χ1) is 11.8. The molecule has 0 bridgehead atoms. The van der Waals surface area contributed by atoms with Crippen LogP contribution < -0.4 is 0 Å². The molecule has 0 saturated carbocycles. The summed E-state index contributed by atoms with van der Waals surface area (Å²) in [5, 5.41) is 0.980. The molecule has 0 unspecified atom stereocenters. The van der Waals surface area contributed by atoms with E-state index in [2.05, 4.69) is 4.99 Å². The molecule has 7 heteroatoms. The van der Waals surface area contributed by atoms with Gasteiger partial charge in [-0.2, -0.15) is 0 Å². The first-order valence-electron chi connectivity index (χ1n) is 8.05. The molecule has 1 amide bonds. The highest BCUT2D eigenvalue weighted by molar-refractivity contribution is 8.15. The molecule has 2 aliphatic heterocycles. The van der Waals surface area contributed by atoms with Crippen LogP contribution in [-0.4, -0.2) is 33.3 Å². The van der Waals surface area contributed by atoms with E-state index < -0.39 is 12.0 Å². The van der Waals surface area contributed by atoms with Gasteiger partial charge in [-0.05, 0) is 45.4 Å². The van der Waals surface area contributed by atoms with Crippen molar-refractivity contribution in [3.05, 3.63) is 46.1 Å². The second-order valence-corrected chi connectivity index (χ2v) is 8.01. The van der Waals surface area contributed by atoms with E-state index in [-0.39, 0.29) is 17.3 Å². The number of amidine groups is 1. The number of aliphatic imine (C=N–C) groups is 1. The Kier molecular flexibility index (Phi) is 4.93. The molecule has 0 spiro atoms. The quantitative estimate of drug-likeness (QED) is 0.747. The fraction of sp³-hybridized carbons (Fsp3) is 0.389. The number of halogens is 1. The number of nitrogens with zero attached hydrogens (tertiary/aromatic N) is 2. The summed E-state index contributed by atoms with van der Waals surface area (Å²) < 4.78 is 5.41. The number of carbonyl (C=O) groups excluding carboxylic acids is 2. The number of amides is 1. The summed E-state index contributed by atoms with van der Waals surface area (Å²) in [5.41, 5.74) is 1.77. The molecule has 1 aromatic rings. The first-order valence-corrected chi connectivity index (χ1v) is 9.31. The summed E-state index contributed by atoms with van der Waals surface area (Å²) in [7, 11) is 0. The molecule has 25 heavy (non-hydrogen) atoms. The van der Waals surface area contributed by atoms with Crippen LogP contribution in [0.2, 0.25) is 5.02 Å². The zero-order valence-electron chi connectivity index (χ0n) is 14.4. The Morgan fingerprint density at radius 1 is 1.32 bits per heavy atom. The predicted octanol–water partition coefficient (Wildman–Crippen LogP) is 3.94. The van der Waals surface area contributed by atoms with Crippen LogP contribution in [-0.2, 0) is 14.3 Å². The molecule has 0 N–H and O–H groups in total. The van der Waals surface area contributed by atoms with Crippen molar-refractivity contribution in [3.63, 3.8) is 0 Å². The third-order valence-corrected chi connectivity index (χ3v) is 5.31. The van der Waals surface area contributed by atoms with Crippen molar-refractivity contribution >= 4 is 40.4 Å². The minimum Gasteiger partial charge on any atom is -0.459 e. The fourth-order valence-electron chi connectivity index (χ4n) is 2.90. The lowest BCUT2D eigenvalue weighted by atomic mass is 9.94. The molecule has 2 aliphatic rings. The molecule has 1 aromatic carbocycles. The smallest absolute Gasteiger partial charge is 0.338 e. The molecule has 0 radical (unpaired) electrons. The number of carbonyl (C=O) groups is 2. The summed E-state index contributed by atoms with van der Waals surface area (Å²) in [5.74, 6) is -0.515. The van der Waals surface area contributed by atoms with Crippen molar-refractivity contribution in [2.75, 3.05) is 0 Å². The lowest BCUT2D eigenvalue weighted by Gasteiger charge is -2.33. The van der Waals surface area contributed by atoms with Gasteiger partial charge in [-0.1, -0.05) is 35.5 Å². The molecule has 0 aliphatic carbocycles. The van der Waals surface area contributed by atoms with Crippen LogP contribution in [0, 0.1) is 0 Å². The van der Waals surface area contributed by atoms with E-state index in [0.717, 1.165) is 5.56 Å². The normalized spacial score (nSPS) is 23.0. The Labute approximate surface area is 156 Å². The first kappa shape index (κ1) is 18.0. The maximum Gasteiger partial charge on any atom is 0.338 e. The molecular weight excluding hydrogens is 360 g/mol. The fourth-order valence-corrected chi connectivity index (χ4v) is 4.06. The van der Waals surface area contributed by atoms with E-state index in [1.807, 2.05) is 19.1 Å². The SMILES string of the molecule is CC1=C(C(=O)OC(C)C)[C@H](c2ccc(Cl)cc2)N2C(=O)[C@@H](C)SC2=N1. The van der Waals surface area contributed by atoms with Gasteiger partial charge in [-0.3, -0.25) is 9.69 Å². The van der Waals surface area contributed by atoms with Gasteiger partial charge in [0.05, 0.1) is 28.7 Å². The zero-order chi connectivity index (χ0) is 18.3. The summed E-state index contributed by atoms with van der Waals surface area (Å²) in [6.45, 7) is 7.20. The summed E-state index contributed by atoms with van der Waals surface area (Å²) in [6.07, 6.45) is -0.258. The largest absolute Gasteiger partial charge is 0.459 e. The molecule has 1 fully saturated rings. The topological polar surface area (TPSA) is 59.0 Å². The number of hydrogen-bond donors (Lipinski definition) is 0. The average molecular weight is 379 g/mol. The average Bonchev–Trinajstić information content (AvgIpc) is 2.80. The van der Waals surface area contributed by atoms with Gasteiger partial charge in [0.15, 0.2) is 5.17 Å². The molecule has 2 atom stereocenters. The van der Waals surface area contributed by atoms with Gasteiger partial charge >= 0.3 is 5.97 Å². The van der Waals surface area contributed by atoms with Gasteiger partial charge in [0.25, 0.3) is 0 Å². The lowest BCUT2D eigenvalue weighted by molar-refractivity contribution is -0.143. The minimum atomic E-state index is -0.555. The third kappa shape index (κ3) is 3.33. The Hall–Kier alpha value is -1.79. The van der Waals surface area contributed by atoms with E-state index in [1.165, 1.54) is 11.8 Å². The van der Waals surface area contributed by atoms with E-state index >= 15 is 0 Å². The third-order valence-electron chi connectivity index (χ3n) is 4.01. The van der Waals surface area contributed by atoms with Crippen molar-refractivity contribution in [1.82, 2.24) is 4.90 Å². The van der Waals surface area contributed by atoms with Gasteiger partial charge in [0.2, 0.25) is 5.91 Å². The number of allylic oxidation sites excluding steroid dienone is 1. The predicted molar refractivity (Wildman–Crippen MR) is 99.5 cm³/mol. The van der Waals surface area contributed by atoms with Crippen LogP contribution in [0.1, 0.15) is 39.3 Å². The van der Waals surface area contributed by atoms with Crippen molar-refractivity contribution in [3.8, 4) is 0 Å². The number of benzene rings is 1. The number of esters is 1. The summed E-state index contributed by atoms with van der Waals surface area (Å²) >= 11 is 7.40. The van der Waals surface area contributed by atoms with Crippen molar-refractivity contribution in [1.29, 1.82) is 0 Å². The molecule has 0 aromatic heterocycles. The number of hydrogen-bond acceptors (Lipinski definition) is 5. The maximum absolute atomic E-state index is 12.7. The highest BCUT2D eigenvalue weighted by atomic mass is 35.5. The molecule has 5 nitrogen and oxygen atoms in total. The molecule has 1 saturated heterocycles. The van der Waals surface area contributed by atoms with E-state index in [4.69, 9.17) is 16.3 Å². The van der Waals surface area contributed by atoms with Crippen molar-refractivity contribution in [2.24, 2.45) is 4.99 Å². The van der Waals surface area contributed by atoms with Crippen LogP contribution in [0.15, 0.2) is 40.5 Å². The minimum absolute atomic E-state index is 0.0638. The highest BCUT2D eigenvalue weighted by Crippen LogP contribution is 2.43. The van der Waals surface area contributed by atoms with Crippen molar-refractivity contribution in [2.45, 2.75) is 45.1 Å². The van der Waals surface area contributed by atoms with Gasteiger partial charge < -0.3 is 4.74 Å². The number of ether oxygens (including phenoxy) is 1.